The minimum Gasteiger partial charge on any atom is -0.495 e. The summed E-state index contributed by atoms with van der Waals surface area (Å²) >= 11 is 0. The predicted molar refractivity (Wildman–Crippen MR) is 73.0 cm³/mol. The van der Waals surface area contributed by atoms with Crippen LogP contribution >= 0.6 is 0 Å². The van der Waals surface area contributed by atoms with E-state index in [4.69, 9.17) is 10.00 Å². The molecule has 0 spiro atoms. The molecule has 1 saturated carbocycles. The summed E-state index contributed by atoms with van der Waals surface area (Å²) in [6.45, 7) is 4.96. The molecule has 0 heterocycles. The smallest absolute Gasteiger partial charge is 0.142 e. The number of benzene rings is 1. The van der Waals surface area contributed by atoms with Gasteiger partial charge in [-0.25, -0.2) is 0 Å². The lowest BCUT2D eigenvalue weighted by molar-refractivity contribution is 0.414. The summed E-state index contributed by atoms with van der Waals surface area (Å²) in [5.41, 5.74) is 3.42. The maximum absolute atomic E-state index is 9.17. The van der Waals surface area contributed by atoms with Crippen molar-refractivity contribution in [3.63, 3.8) is 0 Å². The van der Waals surface area contributed by atoms with Crippen molar-refractivity contribution in [1.29, 1.82) is 5.26 Å². The van der Waals surface area contributed by atoms with Crippen LogP contribution in [-0.4, -0.2) is 20.7 Å². The molecule has 1 aromatic carbocycles. The van der Waals surface area contributed by atoms with Crippen LogP contribution in [-0.2, 0) is 0 Å². The molecule has 1 aliphatic carbocycles. The Bertz CT molecular complexity index is 498. The van der Waals surface area contributed by atoms with Crippen molar-refractivity contribution in [3.05, 3.63) is 23.3 Å². The summed E-state index contributed by atoms with van der Waals surface area (Å²) in [4.78, 5) is 2.14. The Morgan fingerprint density at radius 1 is 1.33 bits per heavy atom. The van der Waals surface area contributed by atoms with Crippen LogP contribution in [0.1, 0.15) is 24.0 Å². The van der Waals surface area contributed by atoms with E-state index in [1.807, 2.05) is 7.05 Å². The van der Waals surface area contributed by atoms with Crippen LogP contribution in [0, 0.1) is 30.6 Å². The van der Waals surface area contributed by atoms with Gasteiger partial charge in [-0.3, -0.25) is 0 Å². The first-order chi connectivity index (χ1) is 8.51. The number of anilines is 1. The average Bonchev–Trinajstić information content (AvgIpc) is 3.12. The van der Waals surface area contributed by atoms with Gasteiger partial charge in [-0.2, -0.15) is 5.26 Å². The summed E-state index contributed by atoms with van der Waals surface area (Å²) in [5, 5.41) is 9.17. The minimum atomic E-state index is -0.126. The van der Waals surface area contributed by atoms with Crippen molar-refractivity contribution in [2.75, 3.05) is 25.6 Å². The molecule has 0 bridgehead atoms. The normalized spacial score (nSPS) is 15.9. The Kier molecular flexibility index (Phi) is 3.21. The molecule has 0 saturated heterocycles. The molecule has 2 rings (SSSR count). The highest BCUT2D eigenvalue weighted by Crippen LogP contribution is 2.46. The van der Waals surface area contributed by atoms with Crippen LogP contribution in [0.4, 0.5) is 5.69 Å². The largest absolute Gasteiger partial charge is 0.495 e. The fraction of sp³-hybridized carbons (Fsp3) is 0.533. The molecule has 0 amide bonds. The average molecular weight is 244 g/mol. The number of nitrogens with zero attached hydrogens (tertiary/aromatic N) is 2. The maximum atomic E-state index is 9.17. The van der Waals surface area contributed by atoms with E-state index >= 15 is 0 Å². The van der Waals surface area contributed by atoms with Gasteiger partial charge in [-0.05, 0) is 49.9 Å². The summed E-state index contributed by atoms with van der Waals surface area (Å²) < 4.78 is 5.45. The van der Waals surface area contributed by atoms with E-state index in [0.717, 1.165) is 30.8 Å². The minimum absolute atomic E-state index is 0.126. The molecule has 1 fully saturated rings. The highest BCUT2D eigenvalue weighted by molar-refractivity contribution is 5.61. The molecular formula is C15H20N2O. The van der Waals surface area contributed by atoms with Gasteiger partial charge in [0.2, 0.25) is 0 Å². The number of rotatable bonds is 4. The summed E-state index contributed by atoms with van der Waals surface area (Å²) in [6.07, 6.45) is 2.03. The van der Waals surface area contributed by atoms with Crippen LogP contribution in [0.5, 0.6) is 5.75 Å². The molecule has 18 heavy (non-hydrogen) atoms. The Morgan fingerprint density at radius 2 is 1.94 bits per heavy atom. The first kappa shape index (κ1) is 12.8. The van der Waals surface area contributed by atoms with Gasteiger partial charge in [-0.15, -0.1) is 0 Å². The molecule has 0 unspecified atom stereocenters. The van der Waals surface area contributed by atoms with Gasteiger partial charge in [0, 0.05) is 13.6 Å². The lowest BCUT2D eigenvalue weighted by Gasteiger charge is -2.25. The molecule has 0 radical (unpaired) electrons. The zero-order chi connectivity index (χ0) is 13.3. The van der Waals surface area contributed by atoms with Gasteiger partial charge >= 0.3 is 0 Å². The lowest BCUT2D eigenvalue weighted by atomic mass is 10.1. The van der Waals surface area contributed by atoms with Gasteiger partial charge < -0.3 is 9.64 Å². The molecule has 96 valence electrons. The van der Waals surface area contributed by atoms with Crippen molar-refractivity contribution >= 4 is 5.69 Å². The first-order valence-corrected chi connectivity index (χ1v) is 6.29. The SMILES string of the molecule is COc1cc(C)c(C)cc1N(C)CC1(C#N)CC1. The third-order valence-electron chi connectivity index (χ3n) is 3.84. The number of ether oxygens (including phenoxy) is 1. The van der Waals surface area contributed by atoms with E-state index < -0.39 is 0 Å². The van der Waals surface area contributed by atoms with Crippen molar-refractivity contribution in [3.8, 4) is 11.8 Å². The first-order valence-electron chi connectivity index (χ1n) is 6.29. The van der Waals surface area contributed by atoms with Crippen molar-refractivity contribution in [1.82, 2.24) is 0 Å². The van der Waals surface area contributed by atoms with E-state index in [1.54, 1.807) is 7.11 Å². The van der Waals surface area contributed by atoms with Crippen molar-refractivity contribution in [2.45, 2.75) is 26.7 Å². The molecule has 1 aliphatic rings. The molecule has 0 N–H and O–H groups in total. The number of aryl methyl sites for hydroxylation is 2. The molecule has 3 heteroatoms. The lowest BCUT2D eigenvalue weighted by Crippen LogP contribution is -2.26. The zero-order valence-corrected chi connectivity index (χ0v) is 11.6. The highest BCUT2D eigenvalue weighted by atomic mass is 16.5. The van der Waals surface area contributed by atoms with Crippen LogP contribution in [0.2, 0.25) is 0 Å². The second kappa shape index (κ2) is 4.53. The number of nitriles is 1. The monoisotopic (exact) mass is 244 g/mol. The second-order valence-corrected chi connectivity index (χ2v) is 5.36. The topological polar surface area (TPSA) is 36.3 Å². The summed E-state index contributed by atoms with van der Waals surface area (Å²) in [5.74, 6) is 0.884. The van der Waals surface area contributed by atoms with Crippen LogP contribution in [0.15, 0.2) is 12.1 Å². The van der Waals surface area contributed by atoms with Gasteiger partial charge in [0.15, 0.2) is 0 Å². The van der Waals surface area contributed by atoms with Crippen molar-refractivity contribution in [2.24, 2.45) is 5.41 Å². The van der Waals surface area contributed by atoms with Gasteiger partial charge in [0.05, 0.1) is 24.3 Å². The fourth-order valence-corrected chi connectivity index (χ4v) is 2.23. The standard InChI is InChI=1S/C15H20N2O/c1-11-7-13(14(18-4)8-12(11)2)17(3)10-15(9-16)5-6-15/h7-8H,5-6,10H2,1-4H3. The Balaban J connectivity index is 2.27. The van der Waals surface area contributed by atoms with Gasteiger partial charge in [-0.1, -0.05) is 0 Å². The zero-order valence-electron chi connectivity index (χ0n) is 11.6. The third kappa shape index (κ3) is 2.28. The van der Waals surface area contributed by atoms with E-state index in [1.165, 1.54) is 11.1 Å². The van der Waals surface area contributed by atoms with Crippen molar-refractivity contribution < 1.29 is 4.74 Å². The molecule has 3 nitrogen and oxygen atoms in total. The molecule has 0 aromatic heterocycles. The van der Waals surface area contributed by atoms with Crippen LogP contribution in [0.25, 0.3) is 0 Å². The molecule has 0 aliphatic heterocycles. The third-order valence-corrected chi connectivity index (χ3v) is 3.84. The Hall–Kier alpha value is -1.69. The number of hydrogen-bond acceptors (Lipinski definition) is 3. The van der Waals surface area contributed by atoms with Gasteiger partial charge in [0.25, 0.3) is 0 Å². The molecular weight excluding hydrogens is 224 g/mol. The van der Waals surface area contributed by atoms with Crippen LogP contribution < -0.4 is 9.64 Å². The van der Waals surface area contributed by atoms with E-state index in [0.29, 0.717) is 0 Å². The summed E-state index contributed by atoms with van der Waals surface area (Å²) in [7, 11) is 3.72. The van der Waals surface area contributed by atoms with Gasteiger partial charge in [0.1, 0.15) is 5.75 Å². The van der Waals surface area contributed by atoms with E-state index in [9.17, 15) is 0 Å². The Labute approximate surface area is 109 Å². The number of methoxy groups -OCH3 is 1. The molecule has 0 atom stereocenters. The second-order valence-electron chi connectivity index (χ2n) is 5.36. The van der Waals surface area contributed by atoms with Crippen LogP contribution in [0.3, 0.4) is 0 Å². The fourth-order valence-electron chi connectivity index (χ4n) is 2.23. The quantitative estimate of drug-likeness (QED) is 0.816. The predicted octanol–water partition coefficient (Wildman–Crippen LogP) is 3.05. The molecule has 1 aromatic rings. The summed E-state index contributed by atoms with van der Waals surface area (Å²) in [6, 6.07) is 6.64. The Morgan fingerprint density at radius 3 is 2.44 bits per heavy atom. The van der Waals surface area contributed by atoms with E-state index in [2.05, 4.69) is 36.9 Å². The maximum Gasteiger partial charge on any atom is 0.142 e. The highest BCUT2D eigenvalue weighted by Gasteiger charge is 2.44. The number of hydrogen-bond donors (Lipinski definition) is 0. The van der Waals surface area contributed by atoms with E-state index in [-0.39, 0.29) is 5.41 Å².